The first-order valence-corrected chi connectivity index (χ1v) is 5.70. The van der Waals surface area contributed by atoms with E-state index in [1.807, 2.05) is 6.08 Å². The van der Waals surface area contributed by atoms with Crippen LogP contribution in [0.2, 0.25) is 0 Å². The Bertz CT molecular complexity index is 121. The molecule has 1 heterocycles. The normalized spacial score (nSPS) is 27.3. The molecule has 0 atom stereocenters. The molecule has 60 valence electrons. The number of hydrogen-bond donors (Lipinski definition) is 1. The standard InChI is InChI=1S/C7H15NOS/c1-2-5-10(8)6-3-9-4-7-10/h2H,1,3-8H2. The van der Waals surface area contributed by atoms with Crippen molar-refractivity contribution in [2.75, 3.05) is 30.5 Å². The maximum Gasteiger partial charge on any atom is 0.0553 e. The Morgan fingerprint density at radius 2 is 2.10 bits per heavy atom. The minimum absolute atomic E-state index is 0.833. The molecule has 1 aliphatic rings. The molecule has 0 aliphatic carbocycles. The predicted molar refractivity (Wildman–Crippen MR) is 47.4 cm³/mol. The first-order chi connectivity index (χ1) is 4.77. The lowest BCUT2D eigenvalue weighted by molar-refractivity contribution is 0.159. The van der Waals surface area contributed by atoms with Gasteiger partial charge in [-0.3, -0.25) is 5.14 Å². The first kappa shape index (κ1) is 8.11. The molecule has 0 spiro atoms. The van der Waals surface area contributed by atoms with Crippen molar-refractivity contribution in [1.29, 1.82) is 0 Å². The molecule has 0 aromatic rings. The second kappa shape index (κ2) is 3.42. The maximum atomic E-state index is 6.10. The van der Waals surface area contributed by atoms with Gasteiger partial charge in [-0.15, -0.1) is 6.58 Å². The number of rotatable bonds is 2. The van der Waals surface area contributed by atoms with Crippen molar-refractivity contribution in [2.24, 2.45) is 5.14 Å². The molecule has 0 aromatic heterocycles. The summed E-state index contributed by atoms with van der Waals surface area (Å²) in [7, 11) is -0.833. The molecule has 1 rings (SSSR count). The van der Waals surface area contributed by atoms with Crippen LogP contribution in [0.4, 0.5) is 0 Å². The molecule has 1 aliphatic heterocycles. The molecule has 3 heteroatoms. The summed E-state index contributed by atoms with van der Waals surface area (Å²) in [5, 5.41) is 6.10. The van der Waals surface area contributed by atoms with Gasteiger partial charge in [0.25, 0.3) is 0 Å². The molecule has 2 N–H and O–H groups in total. The minimum atomic E-state index is -0.833. The quantitative estimate of drug-likeness (QED) is 0.610. The van der Waals surface area contributed by atoms with Gasteiger partial charge in [0.1, 0.15) is 0 Å². The van der Waals surface area contributed by atoms with Crippen molar-refractivity contribution in [2.45, 2.75) is 0 Å². The van der Waals surface area contributed by atoms with E-state index in [1.54, 1.807) is 0 Å². The summed E-state index contributed by atoms with van der Waals surface area (Å²) < 4.78 is 5.22. The molecular formula is C7H15NOS. The van der Waals surface area contributed by atoms with E-state index < -0.39 is 10.2 Å². The number of nitrogens with two attached hydrogens (primary N) is 1. The molecule has 1 saturated heterocycles. The molecule has 2 nitrogen and oxygen atoms in total. The fraction of sp³-hybridized carbons (Fsp3) is 0.714. The minimum Gasteiger partial charge on any atom is -0.380 e. The zero-order chi connectivity index (χ0) is 7.45. The average molecular weight is 161 g/mol. The third-order valence-electron chi connectivity index (χ3n) is 1.72. The summed E-state index contributed by atoms with van der Waals surface area (Å²) in [6.07, 6.45) is 1.93. The van der Waals surface area contributed by atoms with Crippen molar-refractivity contribution in [3.8, 4) is 0 Å². The Morgan fingerprint density at radius 3 is 2.60 bits per heavy atom. The van der Waals surface area contributed by atoms with Gasteiger partial charge >= 0.3 is 0 Å². The molecule has 0 saturated carbocycles. The van der Waals surface area contributed by atoms with Crippen molar-refractivity contribution >= 4 is 10.2 Å². The Kier molecular flexibility index (Phi) is 2.77. The summed E-state index contributed by atoms with van der Waals surface area (Å²) in [5.74, 6) is 3.11. The highest BCUT2D eigenvalue weighted by Gasteiger charge is 2.20. The maximum absolute atomic E-state index is 6.10. The van der Waals surface area contributed by atoms with Crippen LogP contribution in [0.3, 0.4) is 0 Å². The Labute approximate surface area is 63.9 Å². The van der Waals surface area contributed by atoms with Crippen molar-refractivity contribution in [1.82, 2.24) is 0 Å². The predicted octanol–water partition coefficient (Wildman–Crippen LogP) is 0.881. The van der Waals surface area contributed by atoms with Gasteiger partial charge in [0.2, 0.25) is 0 Å². The fourth-order valence-electron chi connectivity index (χ4n) is 1.06. The highest BCUT2D eigenvalue weighted by molar-refractivity contribution is 8.32. The summed E-state index contributed by atoms with van der Waals surface area (Å²) >= 11 is 0. The summed E-state index contributed by atoms with van der Waals surface area (Å²) in [5.41, 5.74) is 0. The van der Waals surface area contributed by atoms with Crippen LogP contribution in [0.1, 0.15) is 0 Å². The van der Waals surface area contributed by atoms with Crippen LogP contribution < -0.4 is 5.14 Å². The summed E-state index contributed by atoms with van der Waals surface area (Å²) in [6, 6.07) is 0. The Balaban J connectivity index is 2.39. The van der Waals surface area contributed by atoms with E-state index in [2.05, 4.69) is 6.58 Å². The van der Waals surface area contributed by atoms with Crippen molar-refractivity contribution < 1.29 is 4.74 Å². The second-order valence-corrected chi connectivity index (χ2v) is 5.96. The zero-order valence-electron chi connectivity index (χ0n) is 6.21. The molecule has 0 aromatic carbocycles. The Morgan fingerprint density at radius 1 is 1.50 bits per heavy atom. The third kappa shape index (κ3) is 2.01. The highest BCUT2D eigenvalue weighted by Crippen LogP contribution is 2.40. The van der Waals surface area contributed by atoms with Gasteiger partial charge < -0.3 is 4.74 Å². The van der Waals surface area contributed by atoms with Crippen LogP contribution in [0.5, 0.6) is 0 Å². The van der Waals surface area contributed by atoms with Crippen molar-refractivity contribution in [3.05, 3.63) is 12.7 Å². The highest BCUT2D eigenvalue weighted by atomic mass is 32.3. The molecule has 0 amide bonds. The lowest BCUT2D eigenvalue weighted by Crippen LogP contribution is -2.30. The summed E-state index contributed by atoms with van der Waals surface area (Å²) in [6.45, 7) is 5.39. The van der Waals surface area contributed by atoms with E-state index in [1.165, 1.54) is 0 Å². The van der Waals surface area contributed by atoms with Gasteiger partial charge in [-0.2, -0.15) is 10.2 Å². The molecule has 0 unspecified atom stereocenters. The van der Waals surface area contributed by atoms with E-state index in [9.17, 15) is 0 Å². The van der Waals surface area contributed by atoms with Gasteiger partial charge in [0, 0.05) is 17.3 Å². The van der Waals surface area contributed by atoms with E-state index in [4.69, 9.17) is 9.88 Å². The topological polar surface area (TPSA) is 35.2 Å². The molecule has 1 fully saturated rings. The van der Waals surface area contributed by atoms with E-state index in [0.717, 1.165) is 30.5 Å². The molecular weight excluding hydrogens is 146 g/mol. The number of hydrogen-bond acceptors (Lipinski definition) is 2. The summed E-state index contributed by atoms with van der Waals surface area (Å²) in [4.78, 5) is 0. The first-order valence-electron chi connectivity index (χ1n) is 3.50. The lowest BCUT2D eigenvalue weighted by Gasteiger charge is -2.37. The van der Waals surface area contributed by atoms with Gasteiger partial charge in [-0.05, 0) is 0 Å². The van der Waals surface area contributed by atoms with Crippen LogP contribution in [0.25, 0.3) is 0 Å². The van der Waals surface area contributed by atoms with Crippen LogP contribution >= 0.6 is 10.2 Å². The van der Waals surface area contributed by atoms with E-state index in [0.29, 0.717) is 0 Å². The zero-order valence-corrected chi connectivity index (χ0v) is 7.03. The molecule has 10 heavy (non-hydrogen) atoms. The van der Waals surface area contributed by atoms with Gasteiger partial charge in [-0.25, -0.2) is 0 Å². The van der Waals surface area contributed by atoms with Gasteiger partial charge in [0.15, 0.2) is 0 Å². The number of ether oxygens (including phenoxy) is 1. The monoisotopic (exact) mass is 161 g/mol. The van der Waals surface area contributed by atoms with E-state index in [-0.39, 0.29) is 0 Å². The average Bonchev–Trinajstić information content (AvgIpc) is 1.89. The van der Waals surface area contributed by atoms with Crippen molar-refractivity contribution in [3.63, 3.8) is 0 Å². The van der Waals surface area contributed by atoms with Gasteiger partial charge in [0.05, 0.1) is 13.2 Å². The van der Waals surface area contributed by atoms with Crippen LogP contribution in [-0.2, 0) is 4.74 Å². The smallest absolute Gasteiger partial charge is 0.0553 e. The second-order valence-electron chi connectivity index (χ2n) is 2.59. The largest absolute Gasteiger partial charge is 0.380 e. The van der Waals surface area contributed by atoms with E-state index >= 15 is 0 Å². The Hall–Kier alpha value is 0.01000. The molecule has 0 radical (unpaired) electrons. The van der Waals surface area contributed by atoms with Crippen LogP contribution in [-0.4, -0.2) is 30.5 Å². The van der Waals surface area contributed by atoms with Gasteiger partial charge in [-0.1, -0.05) is 6.08 Å². The lowest BCUT2D eigenvalue weighted by atomic mass is 10.7. The fourth-order valence-corrected chi connectivity index (χ4v) is 2.96. The molecule has 0 bridgehead atoms. The van der Waals surface area contributed by atoms with Crippen LogP contribution in [0, 0.1) is 0 Å². The SMILES string of the molecule is C=CCS1(N)CCOCC1. The van der Waals surface area contributed by atoms with Crippen LogP contribution in [0.15, 0.2) is 12.7 Å². The third-order valence-corrected chi connectivity index (χ3v) is 4.58.